The highest BCUT2D eigenvalue weighted by Gasteiger charge is 2.25. The van der Waals surface area contributed by atoms with Crippen molar-refractivity contribution in [3.05, 3.63) is 0 Å². The minimum atomic E-state index is -1.06. The van der Waals surface area contributed by atoms with E-state index >= 15 is 0 Å². The molecule has 0 aromatic carbocycles. The molecule has 1 rings (SSSR count). The summed E-state index contributed by atoms with van der Waals surface area (Å²) in [7, 11) is 0. The molecule has 1 saturated heterocycles. The number of carbonyl (C=O) groups is 2. The van der Waals surface area contributed by atoms with Gasteiger partial charge in [-0.15, -0.1) is 0 Å². The van der Waals surface area contributed by atoms with Crippen molar-refractivity contribution in [2.24, 2.45) is 17.4 Å². The lowest BCUT2D eigenvalue weighted by Crippen LogP contribution is -2.34. The van der Waals surface area contributed by atoms with Gasteiger partial charge in [0.05, 0.1) is 0 Å². The van der Waals surface area contributed by atoms with Crippen LogP contribution in [0.3, 0.4) is 0 Å². The fourth-order valence-electron chi connectivity index (χ4n) is 1.81. The molecular formula is C10H19N3O3. The third kappa shape index (κ3) is 3.46. The van der Waals surface area contributed by atoms with E-state index in [1.807, 2.05) is 0 Å². The minimum Gasteiger partial charge on any atom is -0.480 e. The molecule has 0 aromatic heterocycles. The third-order valence-corrected chi connectivity index (χ3v) is 2.96. The molecule has 16 heavy (non-hydrogen) atoms. The van der Waals surface area contributed by atoms with Gasteiger partial charge < -0.3 is 21.5 Å². The zero-order valence-corrected chi connectivity index (χ0v) is 9.26. The first-order valence-electron chi connectivity index (χ1n) is 5.50. The number of carboxylic acid groups (broad SMARTS) is 1. The van der Waals surface area contributed by atoms with Crippen LogP contribution in [0, 0.1) is 5.92 Å². The van der Waals surface area contributed by atoms with Crippen molar-refractivity contribution in [3.63, 3.8) is 0 Å². The van der Waals surface area contributed by atoms with Crippen molar-refractivity contribution < 1.29 is 14.7 Å². The van der Waals surface area contributed by atoms with E-state index in [1.165, 1.54) is 0 Å². The molecule has 1 heterocycles. The van der Waals surface area contributed by atoms with E-state index in [0.29, 0.717) is 19.0 Å². The highest BCUT2D eigenvalue weighted by molar-refractivity contribution is 5.78. The Morgan fingerprint density at radius 3 is 2.69 bits per heavy atom. The van der Waals surface area contributed by atoms with E-state index in [-0.39, 0.29) is 18.7 Å². The van der Waals surface area contributed by atoms with Crippen LogP contribution in [0.25, 0.3) is 0 Å². The van der Waals surface area contributed by atoms with Crippen LogP contribution in [-0.4, -0.2) is 47.6 Å². The van der Waals surface area contributed by atoms with Gasteiger partial charge in [0.1, 0.15) is 6.04 Å². The zero-order valence-electron chi connectivity index (χ0n) is 9.26. The molecule has 6 heteroatoms. The highest BCUT2D eigenvalue weighted by atomic mass is 16.4. The van der Waals surface area contributed by atoms with E-state index < -0.39 is 12.0 Å². The molecule has 6 nitrogen and oxygen atoms in total. The lowest BCUT2D eigenvalue weighted by Gasteiger charge is -2.16. The average molecular weight is 229 g/mol. The molecule has 5 N–H and O–H groups in total. The summed E-state index contributed by atoms with van der Waals surface area (Å²) in [6, 6.07) is -0.947. The molecule has 1 aliphatic rings. The second-order valence-corrected chi connectivity index (χ2v) is 4.21. The van der Waals surface area contributed by atoms with Crippen LogP contribution in [0.15, 0.2) is 0 Å². The summed E-state index contributed by atoms with van der Waals surface area (Å²) in [5, 5.41) is 8.57. The van der Waals surface area contributed by atoms with Crippen LogP contribution < -0.4 is 11.5 Å². The number of likely N-dealkylation sites (tertiary alicyclic amines) is 1. The number of hydrogen-bond donors (Lipinski definition) is 3. The number of rotatable bonds is 5. The van der Waals surface area contributed by atoms with Gasteiger partial charge in [-0.05, 0) is 25.3 Å². The zero-order chi connectivity index (χ0) is 12.1. The molecule has 0 unspecified atom stereocenters. The Hall–Kier alpha value is -1.14. The first kappa shape index (κ1) is 12.9. The summed E-state index contributed by atoms with van der Waals surface area (Å²) < 4.78 is 0. The van der Waals surface area contributed by atoms with E-state index in [1.54, 1.807) is 4.90 Å². The van der Waals surface area contributed by atoms with Crippen molar-refractivity contribution in [2.75, 3.05) is 19.6 Å². The van der Waals surface area contributed by atoms with E-state index in [9.17, 15) is 9.59 Å². The monoisotopic (exact) mass is 229 g/mol. The van der Waals surface area contributed by atoms with Gasteiger partial charge in [-0.2, -0.15) is 0 Å². The van der Waals surface area contributed by atoms with Gasteiger partial charge in [-0.25, -0.2) is 0 Å². The van der Waals surface area contributed by atoms with Crippen LogP contribution in [0.1, 0.15) is 19.3 Å². The number of carbonyl (C=O) groups excluding carboxylic acids is 1. The minimum absolute atomic E-state index is 0.0207. The van der Waals surface area contributed by atoms with Gasteiger partial charge in [0.25, 0.3) is 0 Å². The molecule has 0 aliphatic carbocycles. The molecule has 0 bridgehead atoms. The second kappa shape index (κ2) is 5.81. The standard InChI is InChI=1S/C10H19N3O3/c11-5-7-3-4-13(6-7)9(14)2-1-8(12)10(15)16/h7-8H,1-6,11-12H2,(H,15,16)/t7-,8+/m1/s1. The topological polar surface area (TPSA) is 110 Å². The quantitative estimate of drug-likeness (QED) is 0.559. The summed E-state index contributed by atoms with van der Waals surface area (Å²) in [5.41, 5.74) is 10.8. The lowest BCUT2D eigenvalue weighted by atomic mass is 10.1. The molecule has 0 aromatic rings. The Morgan fingerprint density at radius 2 is 2.19 bits per heavy atom. The number of aliphatic carboxylic acids is 1. The Morgan fingerprint density at radius 1 is 1.50 bits per heavy atom. The van der Waals surface area contributed by atoms with Crippen molar-refractivity contribution in [2.45, 2.75) is 25.3 Å². The van der Waals surface area contributed by atoms with E-state index in [4.69, 9.17) is 16.6 Å². The molecular weight excluding hydrogens is 210 g/mol. The van der Waals surface area contributed by atoms with Crippen LogP contribution in [0.2, 0.25) is 0 Å². The van der Waals surface area contributed by atoms with Crippen LogP contribution >= 0.6 is 0 Å². The fourth-order valence-corrected chi connectivity index (χ4v) is 1.81. The molecule has 1 amide bonds. The molecule has 1 aliphatic heterocycles. The van der Waals surface area contributed by atoms with Crippen molar-refractivity contribution >= 4 is 11.9 Å². The largest absolute Gasteiger partial charge is 0.480 e. The SMILES string of the molecule is NC[C@H]1CCN(C(=O)CC[C@H](N)C(=O)O)C1. The number of amides is 1. The van der Waals surface area contributed by atoms with Crippen LogP contribution in [0.4, 0.5) is 0 Å². The van der Waals surface area contributed by atoms with E-state index in [0.717, 1.165) is 13.0 Å². The predicted molar refractivity (Wildman–Crippen MR) is 58.6 cm³/mol. The Labute approximate surface area is 94.6 Å². The number of nitrogens with zero attached hydrogens (tertiary/aromatic N) is 1. The Bertz CT molecular complexity index is 270. The molecule has 0 spiro atoms. The normalized spacial score (nSPS) is 22.1. The van der Waals surface area contributed by atoms with Gasteiger partial charge in [0.15, 0.2) is 0 Å². The van der Waals surface area contributed by atoms with Gasteiger partial charge >= 0.3 is 5.97 Å². The summed E-state index contributed by atoms with van der Waals surface area (Å²) in [5.74, 6) is -0.696. The number of nitrogens with two attached hydrogens (primary N) is 2. The third-order valence-electron chi connectivity index (χ3n) is 2.96. The fraction of sp³-hybridized carbons (Fsp3) is 0.800. The smallest absolute Gasteiger partial charge is 0.320 e. The van der Waals surface area contributed by atoms with E-state index in [2.05, 4.69) is 0 Å². The number of hydrogen-bond acceptors (Lipinski definition) is 4. The molecule has 0 radical (unpaired) electrons. The predicted octanol–water partition coefficient (Wildman–Crippen LogP) is -1.01. The molecule has 2 atom stereocenters. The summed E-state index contributed by atoms with van der Waals surface area (Å²) >= 11 is 0. The molecule has 1 fully saturated rings. The first-order valence-corrected chi connectivity index (χ1v) is 5.50. The molecule has 0 saturated carbocycles. The second-order valence-electron chi connectivity index (χ2n) is 4.21. The van der Waals surface area contributed by atoms with Gasteiger partial charge in [0, 0.05) is 19.5 Å². The summed E-state index contributed by atoms with van der Waals surface area (Å²) in [6.07, 6.45) is 1.33. The van der Waals surface area contributed by atoms with Crippen molar-refractivity contribution in [3.8, 4) is 0 Å². The maximum absolute atomic E-state index is 11.7. The van der Waals surface area contributed by atoms with Crippen molar-refractivity contribution in [1.29, 1.82) is 0 Å². The first-order chi connectivity index (χ1) is 7.54. The summed E-state index contributed by atoms with van der Waals surface area (Å²) in [6.45, 7) is 2.01. The highest BCUT2D eigenvalue weighted by Crippen LogP contribution is 2.16. The average Bonchev–Trinajstić information content (AvgIpc) is 2.73. The van der Waals surface area contributed by atoms with Gasteiger partial charge in [0.2, 0.25) is 5.91 Å². The lowest BCUT2D eigenvalue weighted by molar-refractivity contribution is -0.139. The Kier molecular flexibility index (Phi) is 4.70. The van der Waals surface area contributed by atoms with Crippen LogP contribution in [0.5, 0.6) is 0 Å². The van der Waals surface area contributed by atoms with Gasteiger partial charge in [-0.3, -0.25) is 9.59 Å². The Balaban J connectivity index is 2.28. The maximum atomic E-state index is 11.7. The summed E-state index contributed by atoms with van der Waals surface area (Å²) in [4.78, 5) is 23.9. The van der Waals surface area contributed by atoms with Gasteiger partial charge in [-0.1, -0.05) is 0 Å². The van der Waals surface area contributed by atoms with Crippen LogP contribution in [-0.2, 0) is 9.59 Å². The maximum Gasteiger partial charge on any atom is 0.320 e. The molecule has 92 valence electrons. The van der Waals surface area contributed by atoms with Crippen molar-refractivity contribution in [1.82, 2.24) is 4.90 Å². The number of carboxylic acids is 1.